The molecule has 1 aromatic carbocycles. The van der Waals surface area contributed by atoms with E-state index in [2.05, 4.69) is 19.2 Å². The van der Waals surface area contributed by atoms with Crippen LogP contribution in [0.2, 0.25) is 0 Å². The van der Waals surface area contributed by atoms with Crippen molar-refractivity contribution < 1.29 is 14.7 Å². The second-order valence-electron chi connectivity index (χ2n) is 5.42. The molecule has 0 aliphatic rings. The lowest BCUT2D eigenvalue weighted by atomic mass is 10.0. The normalized spacial score (nSPS) is 11.0. The molecule has 4 nitrogen and oxygen atoms in total. The first-order valence-electron chi connectivity index (χ1n) is 7.26. The van der Waals surface area contributed by atoms with Crippen molar-refractivity contribution in [3.8, 4) is 0 Å². The summed E-state index contributed by atoms with van der Waals surface area (Å²) in [5.41, 5.74) is 2.62. The van der Waals surface area contributed by atoms with E-state index in [1.807, 2.05) is 19.1 Å². The SMILES string of the molecule is CCc1cc(/C=C/C(=O)O)ccc1NC(=O)CCC(C)C. The molecule has 0 unspecified atom stereocenters. The van der Waals surface area contributed by atoms with Gasteiger partial charge in [-0.2, -0.15) is 0 Å². The van der Waals surface area contributed by atoms with Gasteiger partial charge >= 0.3 is 5.97 Å². The van der Waals surface area contributed by atoms with Gasteiger partial charge in [-0.1, -0.05) is 26.8 Å². The maximum absolute atomic E-state index is 11.9. The summed E-state index contributed by atoms with van der Waals surface area (Å²) in [6, 6.07) is 5.53. The third kappa shape index (κ3) is 6.25. The lowest BCUT2D eigenvalue weighted by molar-refractivity contribution is -0.131. The number of carboxylic acid groups (broad SMARTS) is 1. The maximum atomic E-state index is 11.9. The van der Waals surface area contributed by atoms with Crippen molar-refractivity contribution in [2.24, 2.45) is 5.92 Å². The molecular weight excluding hydrogens is 266 g/mol. The van der Waals surface area contributed by atoms with E-state index in [4.69, 9.17) is 5.11 Å². The zero-order valence-electron chi connectivity index (χ0n) is 12.8. The van der Waals surface area contributed by atoms with Crippen LogP contribution in [0.5, 0.6) is 0 Å². The molecule has 1 rings (SSSR count). The van der Waals surface area contributed by atoms with Crippen LogP contribution in [0.25, 0.3) is 6.08 Å². The molecule has 0 aliphatic heterocycles. The summed E-state index contributed by atoms with van der Waals surface area (Å²) in [4.78, 5) is 22.4. The predicted molar refractivity (Wildman–Crippen MR) is 85.2 cm³/mol. The Morgan fingerprint density at radius 2 is 2.05 bits per heavy atom. The smallest absolute Gasteiger partial charge is 0.328 e. The van der Waals surface area contributed by atoms with E-state index < -0.39 is 5.97 Å². The van der Waals surface area contributed by atoms with Gasteiger partial charge in [0, 0.05) is 18.2 Å². The first-order chi connectivity index (χ1) is 9.92. The number of hydrogen-bond donors (Lipinski definition) is 2. The van der Waals surface area contributed by atoms with E-state index in [1.165, 1.54) is 0 Å². The van der Waals surface area contributed by atoms with Gasteiger partial charge < -0.3 is 10.4 Å². The van der Waals surface area contributed by atoms with Gasteiger partial charge in [0.2, 0.25) is 5.91 Å². The van der Waals surface area contributed by atoms with Crippen molar-refractivity contribution >= 4 is 23.6 Å². The Kier molecular flexibility index (Phi) is 6.66. The van der Waals surface area contributed by atoms with Crippen LogP contribution in [-0.4, -0.2) is 17.0 Å². The molecule has 0 aliphatic carbocycles. The van der Waals surface area contributed by atoms with E-state index in [9.17, 15) is 9.59 Å². The van der Waals surface area contributed by atoms with E-state index >= 15 is 0 Å². The fourth-order valence-electron chi connectivity index (χ4n) is 1.93. The van der Waals surface area contributed by atoms with Gasteiger partial charge in [0.15, 0.2) is 0 Å². The van der Waals surface area contributed by atoms with Gasteiger partial charge in [-0.25, -0.2) is 4.79 Å². The lowest BCUT2D eigenvalue weighted by Gasteiger charge is -2.11. The first-order valence-corrected chi connectivity index (χ1v) is 7.26. The number of carboxylic acids is 1. The third-order valence-electron chi connectivity index (χ3n) is 3.15. The number of nitrogens with one attached hydrogen (secondary N) is 1. The maximum Gasteiger partial charge on any atom is 0.328 e. The molecule has 0 saturated heterocycles. The van der Waals surface area contributed by atoms with Crippen LogP contribution < -0.4 is 5.32 Å². The minimum Gasteiger partial charge on any atom is -0.478 e. The molecule has 0 saturated carbocycles. The third-order valence-corrected chi connectivity index (χ3v) is 3.15. The molecule has 4 heteroatoms. The second kappa shape index (κ2) is 8.25. The van der Waals surface area contributed by atoms with Gasteiger partial charge in [-0.15, -0.1) is 0 Å². The van der Waals surface area contributed by atoms with Crippen LogP contribution >= 0.6 is 0 Å². The number of rotatable bonds is 7. The topological polar surface area (TPSA) is 66.4 Å². The van der Waals surface area contributed by atoms with Crippen LogP contribution in [0.15, 0.2) is 24.3 Å². The summed E-state index contributed by atoms with van der Waals surface area (Å²) in [6.07, 6.45) is 4.81. The molecule has 1 amide bonds. The highest BCUT2D eigenvalue weighted by Gasteiger charge is 2.07. The summed E-state index contributed by atoms with van der Waals surface area (Å²) in [5.74, 6) is -0.448. The molecule has 0 bridgehead atoms. The number of aliphatic carboxylic acids is 1. The zero-order valence-corrected chi connectivity index (χ0v) is 12.8. The molecular formula is C17H23NO3. The van der Waals surface area contributed by atoms with Crippen LogP contribution in [0.1, 0.15) is 44.7 Å². The number of aryl methyl sites for hydroxylation is 1. The van der Waals surface area contributed by atoms with Crippen molar-refractivity contribution in [1.82, 2.24) is 0 Å². The summed E-state index contributed by atoms with van der Waals surface area (Å²) < 4.78 is 0. The molecule has 1 aromatic rings. The van der Waals surface area contributed by atoms with E-state index in [0.29, 0.717) is 12.3 Å². The molecule has 0 fully saturated rings. The quantitative estimate of drug-likeness (QED) is 0.752. The summed E-state index contributed by atoms with van der Waals surface area (Å²) in [6.45, 7) is 6.19. The average molecular weight is 289 g/mol. The van der Waals surface area contributed by atoms with Gasteiger partial charge in [-0.3, -0.25) is 4.79 Å². The standard InChI is InChI=1S/C17H23NO3/c1-4-14-11-13(7-10-17(20)21)6-8-15(14)18-16(19)9-5-12(2)3/h6-8,10-12H,4-5,9H2,1-3H3,(H,18,19)(H,20,21)/b10-7+. The monoisotopic (exact) mass is 289 g/mol. The van der Waals surface area contributed by atoms with Crippen molar-refractivity contribution in [2.75, 3.05) is 5.32 Å². The van der Waals surface area contributed by atoms with Gasteiger partial charge in [0.25, 0.3) is 0 Å². The number of anilines is 1. The Labute approximate surface area is 125 Å². The molecule has 2 N–H and O–H groups in total. The van der Waals surface area contributed by atoms with Gasteiger partial charge in [0.1, 0.15) is 0 Å². The minimum atomic E-state index is -0.973. The number of amides is 1. The Hall–Kier alpha value is -2.10. The highest BCUT2D eigenvalue weighted by atomic mass is 16.4. The molecule has 21 heavy (non-hydrogen) atoms. The van der Waals surface area contributed by atoms with Gasteiger partial charge in [0.05, 0.1) is 0 Å². The van der Waals surface area contributed by atoms with E-state index in [0.717, 1.165) is 35.7 Å². The zero-order chi connectivity index (χ0) is 15.8. The molecule has 0 radical (unpaired) electrons. The van der Waals surface area contributed by atoms with Crippen molar-refractivity contribution in [2.45, 2.75) is 40.0 Å². The fourth-order valence-corrected chi connectivity index (χ4v) is 1.93. The summed E-state index contributed by atoms with van der Waals surface area (Å²) in [5, 5.41) is 11.6. The molecule has 0 spiro atoms. The number of hydrogen-bond acceptors (Lipinski definition) is 2. The van der Waals surface area contributed by atoms with Crippen molar-refractivity contribution in [1.29, 1.82) is 0 Å². The second-order valence-corrected chi connectivity index (χ2v) is 5.42. The highest BCUT2D eigenvalue weighted by Crippen LogP contribution is 2.20. The Morgan fingerprint density at radius 1 is 1.33 bits per heavy atom. The molecule has 0 atom stereocenters. The van der Waals surface area contributed by atoms with Crippen LogP contribution in [0.3, 0.4) is 0 Å². The number of carbonyl (C=O) groups is 2. The number of carbonyl (C=O) groups excluding carboxylic acids is 1. The van der Waals surface area contributed by atoms with Gasteiger partial charge in [-0.05, 0) is 48.1 Å². The number of benzene rings is 1. The molecule has 114 valence electrons. The Morgan fingerprint density at radius 3 is 2.62 bits per heavy atom. The fraction of sp³-hybridized carbons (Fsp3) is 0.412. The lowest BCUT2D eigenvalue weighted by Crippen LogP contribution is -2.13. The Bertz CT molecular complexity index is 533. The van der Waals surface area contributed by atoms with Crippen LogP contribution in [0, 0.1) is 5.92 Å². The van der Waals surface area contributed by atoms with Crippen LogP contribution in [-0.2, 0) is 16.0 Å². The predicted octanol–water partition coefficient (Wildman–Crippen LogP) is 3.72. The highest BCUT2D eigenvalue weighted by molar-refractivity contribution is 5.92. The summed E-state index contributed by atoms with van der Waals surface area (Å²) in [7, 11) is 0. The minimum absolute atomic E-state index is 0.0206. The van der Waals surface area contributed by atoms with Crippen LogP contribution in [0.4, 0.5) is 5.69 Å². The first kappa shape index (κ1) is 17.0. The van der Waals surface area contributed by atoms with Crippen molar-refractivity contribution in [3.63, 3.8) is 0 Å². The molecule has 0 aromatic heterocycles. The average Bonchev–Trinajstić information content (AvgIpc) is 2.43. The Balaban J connectivity index is 2.79. The largest absolute Gasteiger partial charge is 0.478 e. The van der Waals surface area contributed by atoms with Crippen molar-refractivity contribution in [3.05, 3.63) is 35.4 Å². The van der Waals surface area contributed by atoms with E-state index in [-0.39, 0.29) is 5.91 Å². The van der Waals surface area contributed by atoms with E-state index in [1.54, 1.807) is 12.1 Å². The molecule has 0 heterocycles. The summed E-state index contributed by atoms with van der Waals surface area (Å²) >= 11 is 0.